The van der Waals surface area contributed by atoms with Gasteiger partial charge in [0.2, 0.25) is 5.95 Å². The number of aromatic nitrogens is 4. The molecule has 0 bridgehead atoms. The summed E-state index contributed by atoms with van der Waals surface area (Å²) in [5.41, 5.74) is 0.0406. The quantitative estimate of drug-likeness (QED) is 0.651. The molecule has 164 valence electrons. The SMILES string of the molecule is CC(C)=CCn1c(=O)[nH]c2nc(N3CCCC(NC(=O)OC(C)(C)C)C3)[nH]c2c1=O. The van der Waals surface area contributed by atoms with Gasteiger partial charge in [0.1, 0.15) is 5.60 Å². The van der Waals surface area contributed by atoms with Crippen molar-refractivity contribution in [3.63, 3.8) is 0 Å². The van der Waals surface area contributed by atoms with Gasteiger partial charge in [-0.25, -0.2) is 9.59 Å². The number of H-pyrrole nitrogens is 2. The van der Waals surface area contributed by atoms with Crippen LogP contribution in [0.25, 0.3) is 11.2 Å². The number of aromatic amines is 2. The molecule has 1 aliphatic heterocycles. The van der Waals surface area contributed by atoms with Crippen LogP contribution in [0.2, 0.25) is 0 Å². The molecule has 1 unspecified atom stereocenters. The number of anilines is 1. The zero-order chi connectivity index (χ0) is 22.1. The first-order valence-electron chi connectivity index (χ1n) is 10.1. The molecule has 3 N–H and O–H groups in total. The fourth-order valence-corrected chi connectivity index (χ4v) is 3.35. The van der Waals surface area contributed by atoms with Gasteiger partial charge in [-0.3, -0.25) is 14.3 Å². The Morgan fingerprint density at radius 2 is 2.03 bits per heavy atom. The van der Waals surface area contributed by atoms with E-state index < -0.39 is 22.9 Å². The minimum Gasteiger partial charge on any atom is -0.444 e. The van der Waals surface area contributed by atoms with Gasteiger partial charge in [-0.15, -0.1) is 0 Å². The number of piperidine rings is 1. The fraction of sp³-hybridized carbons (Fsp3) is 0.600. The molecule has 2 aromatic rings. The Morgan fingerprint density at radius 1 is 1.30 bits per heavy atom. The zero-order valence-electron chi connectivity index (χ0n) is 18.2. The number of amides is 1. The summed E-state index contributed by atoms with van der Waals surface area (Å²) in [7, 11) is 0. The predicted octanol–water partition coefficient (Wildman–Crippen LogP) is 1.87. The third-order valence-electron chi connectivity index (χ3n) is 4.74. The van der Waals surface area contributed by atoms with Gasteiger partial charge in [-0.05, 0) is 47.5 Å². The molecule has 1 fully saturated rings. The number of imidazole rings is 1. The maximum atomic E-state index is 12.8. The smallest absolute Gasteiger partial charge is 0.407 e. The maximum absolute atomic E-state index is 12.8. The summed E-state index contributed by atoms with van der Waals surface area (Å²) in [5, 5.41) is 2.89. The van der Waals surface area contributed by atoms with Crippen LogP contribution in [0.1, 0.15) is 47.5 Å². The number of carbonyl (C=O) groups excluding carboxylic acids is 1. The Balaban J connectivity index is 1.80. The highest BCUT2D eigenvalue weighted by Gasteiger charge is 2.26. The molecule has 10 heteroatoms. The van der Waals surface area contributed by atoms with Crippen LogP contribution in [-0.4, -0.2) is 50.3 Å². The number of carbonyl (C=O) groups is 1. The van der Waals surface area contributed by atoms with E-state index in [1.54, 1.807) is 0 Å². The lowest BCUT2D eigenvalue weighted by Crippen LogP contribution is -2.49. The Bertz CT molecular complexity index is 1070. The summed E-state index contributed by atoms with van der Waals surface area (Å²) in [4.78, 5) is 49.2. The summed E-state index contributed by atoms with van der Waals surface area (Å²) in [6.07, 6.45) is 3.03. The Labute approximate surface area is 174 Å². The van der Waals surface area contributed by atoms with Crippen LogP contribution < -0.4 is 21.5 Å². The molecule has 0 spiro atoms. The maximum Gasteiger partial charge on any atom is 0.407 e. The van der Waals surface area contributed by atoms with Crippen molar-refractivity contribution in [3.05, 3.63) is 32.5 Å². The van der Waals surface area contributed by atoms with Crippen molar-refractivity contribution in [2.75, 3.05) is 18.0 Å². The van der Waals surface area contributed by atoms with E-state index in [-0.39, 0.29) is 23.8 Å². The van der Waals surface area contributed by atoms with Gasteiger partial charge in [0.25, 0.3) is 5.56 Å². The Morgan fingerprint density at radius 3 is 2.70 bits per heavy atom. The monoisotopic (exact) mass is 418 g/mol. The summed E-state index contributed by atoms with van der Waals surface area (Å²) < 4.78 is 6.47. The van der Waals surface area contributed by atoms with E-state index in [9.17, 15) is 14.4 Å². The average Bonchev–Trinajstić information content (AvgIpc) is 3.04. The predicted molar refractivity (Wildman–Crippen MR) is 115 cm³/mol. The fourth-order valence-electron chi connectivity index (χ4n) is 3.35. The topological polar surface area (TPSA) is 125 Å². The van der Waals surface area contributed by atoms with E-state index in [2.05, 4.69) is 20.3 Å². The number of fused-ring (bicyclic) bond motifs is 1. The lowest BCUT2D eigenvalue weighted by atomic mass is 10.1. The number of ether oxygens (including phenoxy) is 1. The minimum absolute atomic E-state index is 0.102. The second-order valence-electron chi connectivity index (χ2n) is 8.84. The van der Waals surface area contributed by atoms with E-state index in [1.807, 2.05) is 45.6 Å². The third-order valence-corrected chi connectivity index (χ3v) is 4.74. The first-order chi connectivity index (χ1) is 14.0. The van der Waals surface area contributed by atoms with Crippen LogP contribution in [0, 0.1) is 0 Å². The molecule has 1 aliphatic rings. The van der Waals surface area contributed by atoms with Crippen LogP contribution in [0.5, 0.6) is 0 Å². The van der Waals surface area contributed by atoms with Crippen molar-refractivity contribution in [1.29, 1.82) is 0 Å². The van der Waals surface area contributed by atoms with Gasteiger partial charge in [0.15, 0.2) is 11.2 Å². The summed E-state index contributed by atoms with van der Waals surface area (Å²) in [6, 6.07) is -0.102. The second-order valence-corrected chi connectivity index (χ2v) is 8.84. The number of hydrogen-bond donors (Lipinski definition) is 3. The molecule has 10 nitrogen and oxygen atoms in total. The molecule has 0 aliphatic carbocycles. The van der Waals surface area contributed by atoms with Gasteiger partial charge >= 0.3 is 11.8 Å². The standard InChI is InChI=1S/C20H30N6O4/c1-12(2)8-10-26-16(27)14-15(24-18(26)28)23-17(22-14)25-9-6-7-13(11-25)21-19(29)30-20(3,4)5/h8,13H,6-7,9-11H2,1-5H3,(H,21,29)(H,22,23)(H,24,28). The van der Waals surface area contributed by atoms with Crippen molar-refractivity contribution in [2.24, 2.45) is 0 Å². The van der Waals surface area contributed by atoms with Crippen LogP contribution in [0.3, 0.4) is 0 Å². The van der Waals surface area contributed by atoms with E-state index >= 15 is 0 Å². The largest absolute Gasteiger partial charge is 0.444 e. The molecule has 0 radical (unpaired) electrons. The molecule has 2 aromatic heterocycles. The molecule has 1 atom stereocenters. The molecule has 30 heavy (non-hydrogen) atoms. The molecular weight excluding hydrogens is 388 g/mol. The number of nitrogens with zero attached hydrogens (tertiary/aromatic N) is 3. The third kappa shape index (κ3) is 5.11. The number of allylic oxidation sites excluding steroid dienone is 2. The molecule has 1 saturated heterocycles. The van der Waals surface area contributed by atoms with Crippen LogP contribution in [0.4, 0.5) is 10.7 Å². The van der Waals surface area contributed by atoms with Gasteiger partial charge in [0.05, 0.1) is 0 Å². The van der Waals surface area contributed by atoms with Crippen molar-refractivity contribution in [3.8, 4) is 0 Å². The normalized spacial score (nSPS) is 17.1. The first-order valence-corrected chi connectivity index (χ1v) is 10.1. The first kappa shape index (κ1) is 21.7. The zero-order valence-corrected chi connectivity index (χ0v) is 18.2. The number of hydrogen-bond acceptors (Lipinski definition) is 6. The summed E-state index contributed by atoms with van der Waals surface area (Å²) in [5.74, 6) is 0.494. The van der Waals surface area contributed by atoms with E-state index in [4.69, 9.17) is 4.74 Å². The molecule has 0 saturated carbocycles. The molecular formula is C20H30N6O4. The molecule has 3 heterocycles. The molecule has 1 amide bonds. The van der Waals surface area contributed by atoms with Crippen molar-refractivity contribution < 1.29 is 9.53 Å². The number of rotatable bonds is 4. The van der Waals surface area contributed by atoms with Gasteiger partial charge in [-0.2, -0.15) is 4.98 Å². The van der Waals surface area contributed by atoms with E-state index in [0.29, 0.717) is 12.5 Å². The molecule has 3 rings (SSSR count). The average molecular weight is 418 g/mol. The van der Waals surface area contributed by atoms with Crippen molar-refractivity contribution in [1.82, 2.24) is 24.8 Å². The van der Waals surface area contributed by atoms with Gasteiger partial charge < -0.3 is 19.9 Å². The van der Waals surface area contributed by atoms with Crippen LogP contribution in [0.15, 0.2) is 21.2 Å². The highest BCUT2D eigenvalue weighted by atomic mass is 16.6. The highest BCUT2D eigenvalue weighted by Crippen LogP contribution is 2.19. The van der Waals surface area contributed by atoms with Gasteiger partial charge in [-0.1, -0.05) is 11.6 Å². The number of alkyl carbamates (subject to hydrolysis) is 1. The van der Waals surface area contributed by atoms with Crippen LogP contribution >= 0.6 is 0 Å². The second kappa shape index (κ2) is 8.37. The molecule has 0 aromatic carbocycles. The minimum atomic E-state index is -0.561. The Kier molecular flexibility index (Phi) is 6.04. The lowest BCUT2D eigenvalue weighted by molar-refractivity contribution is 0.0500. The van der Waals surface area contributed by atoms with E-state index in [1.165, 1.54) is 0 Å². The highest BCUT2D eigenvalue weighted by molar-refractivity contribution is 5.72. The van der Waals surface area contributed by atoms with Crippen LogP contribution in [-0.2, 0) is 11.3 Å². The van der Waals surface area contributed by atoms with Gasteiger partial charge in [0, 0.05) is 25.7 Å². The number of nitrogens with one attached hydrogen (secondary N) is 3. The Hall–Kier alpha value is -3.04. The summed E-state index contributed by atoms with van der Waals surface area (Å²) >= 11 is 0. The van der Waals surface area contributed by atoms with Crippen molar-refractivity contribution in [2.45, 2.75) is 65.6 Å². The van der Waals surface area contributed by atoms with E-state index in [0.717, 1.165) is 29.5 Å². The van der Waals surface area contributed by atoms with Crippen molar-refractivity contribution >= 4 is 23.2 Å². The lowest BCUT2D eigenvalue weighted by Gasteiger charge is -2.33. The summed E-state index contributed by atoms with van der Waals surface area (Å²) in [6.45, 7) is 10.7.